The molecule has 10 nitrogen and oxygen atoms in total. The number of halogens is 1. The van der Waals surface area contributed by atoms with E-state index in [9.17, 15) is 22.4 Å². The number of morpholine rings is 1. The van der Waals surface area contributed by atoms with Gasteiger partial charge in [-0.25, -0.2) is 23.3 Å². The molecule has 212 valence electrons. The average molecular weight is 563 g/mol. The first kappa shape index (κ1) is 30.4. The molecule has 0 radical (unpaired) electrons. The number of benzene rings is 2. The van der Waals surface area contributed by atoms with Crippen molar-refractivity contribution in [2.24, 2.45) is 0 Å². The quantitative estimate of drug-likeness (QED) is 0.300. The maximum absolute atomic E-state index is 15.0. The van der Waals surface area contributed by atoms with Gasteiger partial charge in [0.05, 0.1) is 30.4 Å². The molecule has 1 fully saturated rings. The fourth-order valence-corrected chi connectivity index (χ4v) is 5.39. The van der Waals surface area contributed by atoms with E-state index in [1.807, 2.05) is 19.9 Å². The summed E-state index contributed by atoms with van der Waals surface area (Å²) in [5, 5.41) is 7.58. The van der Waals surface area contributed by atoms with Gasteiger partial charge in [0.25, 0.3) is 11.5 Å². The monoisotopic (exact) mass is 562 g/mol. The van der Waals surface area contributed by atoms with Gasteiger partial charge in [0.1, 0.15) is 11.1 Å². The number of sulfone groups is 1. The highest BCUT2D eigenvalue weighted by Gasteiger charge is 2.28. The molecule has 1 aromatic heterocycles. The lowest BCUT2D eigenvalue weighted by Crippen LogP contribution is -2.39. The van der Waals surface area contributed by atoms with Crippen molar-refractivity contribution >= 4 is 26.6 Å². The van der Waals surface area contributed by atoms with Crippen molar-refractivity contribution in [1.82, 2.24) is 19.9 Å². The largest absolute Gasteiger partial charge is 0.379 e. The van der Waals surface area contributed by atoms with Gasteiger partial charge >= 0.3 is 0 Å². The Balaban J connectivity index is 0.00000205. The molecule has 4 rings (SSSR count). The summed E-state index contributed by atoms with van der Waals surface area (Å²) in [5.74, 6) is -1.43. The third-order valence-electron chi connectivity index (χ3n) is 6.54. The van der Waals surface area contributed by atoms with E-state index in [0.717, 1.165) is 51.1 Å². The standard InChI is InChI=1S/C25H29FN4O6S.C2H6/c1-37(34,35)23(24(31)28-33)7-9-30-16-27-22-15-18(3-5-20(22)25(30)32)19-4-2-17(14-21(19)26)6-8-29-10-12-36-13-11-29;1-2/h2-5,14-16,23,33H,6-13H2,1H3,(H,28,31);1-2H3. The van der Waals surface area contributed by atoms with Crippen LogP contribution in [-0.4, -0.2) is 78.3 Å². The zero-order chi connectivity index (χ0) is 28.6. The van der Waals surface area contributed by atoms with Gasteiger partial charge in [-0.05, 0) is 42.2 Å². The van der Waals surface area contributed by atoms with Crippen molar-refractivity contribution in [2.45, 2.75) is 38.5 Å². The lowest BCUT2D eigenvalue weighted by Gasteiger charge is -2.26. The Morgan fingerprint density at radius 1 is 1.15 bits per heavy atom. The lowest BCUT2D eigenvalue weighted by atomic mass is 10.0. The van der Waals surface area contributed by atoms with Crippen LogP contribution in [0, 0.1) is 5.82 Å². The smallest absolute Gasteiger partial charge is 0.261 e. The van der Waals surface area contributed by atoms with Gasteiger partial charge < -0.3 is 4.74 Å². The Morgan fingerprint density at radius 2 is 1.87 bits per heavy atom. The minimum atomic E-state index is -3.81. The number of fused-ring (bicyclic) bond motifs is 1. The molecule has 39 heavy (non-hydrogen) atoms. The molecular formula is C27H35FN4O6S. The summed E-state index contributed by atoms with van der Waals surface area (Å²) in [7, 11) is -3.81. The number of aromatic nitrogens is 2. The minimum absolute atomic E-state index is 0.102. The van der Waals surface area contributed by atoms with E-state index in [4.69, 9.17) is 9.94 Å². The van der Waals surface area contributed by atoms with E-state index >= 15 is 0 Å². The summed E-state index contributed by atoms with van der Waals surface area (Å²) < 4.78 is 45.3. The van der Waals surface area contributed by atoms with Crippen LogP contribution < -0.4 is 11.0 Å². The number of nitrogens with zero attached hydrogens (tertiary/aromatic N) is 3. The van der Waals surface area contributed by atoms with Gasteiger partial charge in [0.15, 0.2) is 9.84 Å². The molecule has 1 aliphatic heterocycles. The summed E-state index contributed by atoms with van der Waals surface area (Å²) >= 11 is 0. The molecule has 12 heteroatoms. The van der Waals surface area contributed by atoms with Crippen LogP contribution in [0.2, 0.25) is 0 Å². The molecule has 1 unspecified atom stereocenters. The molecule has 0 saturated carbocycles. The first-order valence-electron chi connectivity index (χ1n) is 12.9. The van der Waals surface area contributed by atoms with Gasteiger partial charge in [0.2, 0.25) is 0 Å². The van der Waals surface area contributed by atoms with E-state index in [1.54, 1.807) is 24.3 Å². The molecule has 3 aromatic rings. The molecule has 1 amide bonds. The highest BCUT2D eigenvalue weighted by molar-refractivity contribution is 7.92. The van der Waals surface area contributed by atoms with Crippen molar-refractivity contribution < 1.29 is 27.5 Å². The van der Waals surface area contributed by atoms with Crippen LogP contribution in [0.3, 0.4) is 0 Å². The van der Waals surface area contributed by atoms with Crippen molar-refractivity contribution in [1.29, 1.82) is 0 Å². The second-order valence-electron chi connectivity index (χ2n) is 9.08. The van der Waals surface area contributed by atoms with Gasteiger partial charge in [-0.1, -0.05) is 32.0 Å². The maximum atomic E-state index is 15.0. The number of nitrogens with one attached hydrogen (secondary N) is 1. The molecule has 2 heterocycles. The summed E-state index contributed by atoms with van der Waals surface area (Å²) in [6.07, 6.45) is 2.65. The van der Waals surface area contributed by atoms with Crippen molar-refractivity contribution in [3.63, 3.8) is 0 Å². The van der Waals surface area contributed by atoms with Crippen molar-refractivity contribution in [2.75, 3.05) is 39.1 Å². The molecule has 0 aliphatic carbocycles. The number of aryl methyl sites for hydroxylation is 1. The molecule has 1 atom stereocenters. The zero-order valence-electron chi connectivity index (χ0n) is 22.4. The van der Waals surface area contributed by atoms with Crippen LogP contribution in [0.4, 0.5) is 4.39 Å². The summed E-state index contributed by atoms with van der Waals surface area (Å²) in [5.41, 5.74) is 3.16. The molecule has 2 N–H and O–H groups in total. The Bertz CT molecular complexity index is 1450. The van der Waals surface area contributed by atoms with E-state index in [2.05, 4.69) is 9.88 Å². The lowest BCUT2D eigenvalue weighted by molar-refractivity contribution is -0.128. The van der Waals surface area contributed by atoms with Crippen molar-refractivity contribution in [3.05, 3.63) is 64.5 Å². The summed E-state index contributed by atoms with van der Waals surface area (Å²) in [6.45, 7) is 7.93. The van der Waals surface area contributed by atoms with E-state index < -0.39 is 26.6 Å². The molecule has 0 bridgehead atoms. The Labute approximate surface area is 227 Å². The van der Waals surface area contributed by atoms with Crippen LogP contribution in [-0.2, 0) is 32.3 Å². The fraction of sp³-hybridized carbons (Fsp3) is 0.444. The van der Waals surface area contributed by atoms with Crippen LogP contribution in [0.5, 0.6) is 0 Å². The van der Waals surface area contributed by atoms with Crippen LogP contribution >= 0.6 is 0 Å². The number of hydrogen-bond donors (Lipinski definition) is 2. The predicted molar refractivity (Wildman–Crippen MR) is 147 cm³/mol. The second-order valence-corrected chi connectivity index (χ2v) is 11.3. The van der Waals surface area contributed by atoms with E-state index in [0.29, 0.717) is 16.6 Å². The topological polar surface area (TPSA) is 131 Å². The fourth-order valence-electron chi connectivity index (χ4n) is 4.41. The average Bonchev–Trinajstić information content (AvgIpc) is 2.94. The van der Waals surface area contributed by atoms with Gasteiger partial charge in [-0.2, -0.15) is 0 Å². The van der Waals surface area contributed by atoms with Gasteiger partial charge in [-0.3, -0.25) is 24.3 Å². The number of carbonyl (C=O) groups excluding carboxylic acids is 1. The summed E-state index contributed by atoms with van der Waals surface area (Å²) in [6, 6.07) is 9.98. The number of hydroxylamine groups is 1. The summed E-state index contributed by atoms with van der Waals surface area (Å²) in [4.78, 5) is 31.2. The van der Waals surface area contributed by atoms with Gasteiger partial charge in [0, 0.05) is 38.0 Å². The number of hydrogen-bond acceptors (Lipinski definition) is 8. The zero-order valence-corrected chi connectivity index (χ0v) is 23.2. The van der Waals surface area contributed by atoms with Crippen molar-refractivity contribution in [3.8, 4) is 11.1 Å². The Morgan fingerprint density at radius 3 is 2.51 bits per heavy atom. The minimum Gasteiger partial charge on any atom is -0.379 e. The highest BCUT2D eigenvalue weighted by Crippen LogP contribution is 2.26. The number of carbonyl (C=O) groups is 1. The predicted octanol–water partition coefficient (Wildman–Crippen LogP) is 2.41. The molecule has 2 aromatic carbocycles. The molecular weight excluding hydrogens is 527 g/mol. The third-order valence-corrected chi connectivity index (χ3v) is 8.03. The highest BCUT2D eigenvalue weighted by atomic mass is 32.2. The molecule has 1 aliphatic rings. The number of ether oxygens (including phenoxy) is 1. The third kappa shape index (κ3) is 7.69. The number of amides is 1. The SMILES string of the molecule is CC.CS(=O)(=O)C(CCn1cnc2cc(-c3ccc(CCN4CCOCC4)cc3F)ccc2c1=O)C(=O)NO. The Hall–Kier alpha value is -3.19. The molecule has 0 spiro atoms. The van der Waals surface area contributed by atoms with Gasteiger partial charge in [-0.15, -0.1) is 0 Å². The molecule has 1 saturated heterocycles. The first-order chi connectivity index (χ1) is 18.7. The number of rotatable bonds is 9. The van der Waals surface area contributed by atoms with Crippen LogP contribution in [0.25, 0.3) is 22.0 Å². The normalized spacial score (nSPS) is 14.9. The first-order valence-corrected chi connectivity index (χ1v) is 14.8. The maximum Gasteiger partial charge on any atom is 0.261 e. The van der Waals surface area contributed by atoms with Crippen LogP contribution in [0.15, 0.2) is 47.5 Å². The second kappa shape index (κ2) is 13.7. The van der Waals surface area contributed by atoms with Crippen LogP contribution in [0.1, 0.15) is 25.8 Å². The van der Waals surface area contributed by atoms with E-state index in [-0.39, 0.29) is 24.2 Å². The van der Waals surface area contributed by atoms with E-state index in [1.165, 1.54) is 22.4 Å². The Kier molecular flexibility index (Phi) is 10.7.